The molecule has 1 aliphatic rings. The molecule has 0 amide bonds. The first kappa shape index (κ1) is 8.06. The van der Waals surface area contributed by atoms with Gasteiger partial charge in [0.25, 0.3) is 0 Å². The van der Waals surface area contributed by atoms with Gasteiger partial charge in [0.1, 0.15) is 0 Å². The molecule has 0 spiro atoms. The molecule has 1 rings (SSSR count). The highest BCUT2D eigenvalue weighted by Crippen LogP contribution is 2.09. The van der Waals surface area contributed by atoms with Gasteiger partial charge in [0.15, 0.2) is 0 Å². The quantitative estimate of drug-likeness (QED) is 0.314. The van der Waals surface area contributed by atoms with Crippen molar-refractivity contribution in [2.45, 2.75) is 18.9 Å². The second kappa shape index (κ2) is 3.38. The van der Waals surface area contributed by atoms with Crippen LogP contribution in [-0.4, -0.2) is 39.5 Å². The van der Waals surface area contributed by atoms with E-state index in [9.17, 15) is 5.21 Å². The lowest BCUT2D eigenvalue weighted by molar-refractivity contribution is -0.711. The van der Waals surface area contributed by atoms with Crippen LogP contribution in [0, 0.1) is 5.21 Å². The zero-order chi connectivity index (χ0) is 8.27. The van der Waals surface area contributed by atoms with Crippen molar-refractivity contribution in [1.29, 1.82) is 0 Å². The van der Waals surface area contributed by atoms with Gasteiger partial charge in [-0.3, -0.25) is 0 Å². The number of aliphatic hydroxyl groups is 1. The molecule has 6 nitrogen and oxygen atoms in total. The number of rotatable bonds is 1. The van der Waals surface area contributed by atoms with E-state index in [2.05, 4.69) is 5.28 Å². The topological polar surface area (TPSA) is 82.1 Å². The summed E-state index contributed by atoms with van der Waals surface area (Å²) >= 11 is 0. The summed E-state index contributed by atoms with van der Waals surface area (Å²) < 4.78 is 0. The summed E-state index contributed by atoms with van der Waals surface area (Å²) in [4.78, 5) is 0.145. The van der Waals surface area contributed by atoms with Crippen molar-refractivity contribution in [1.82, 2.24) is 5.01 Å². The monoisotopic (exact) mass is 161 g/mol. The summed E-state index contributed by atoms with van der Waals surface area (Å²) in [7, 11) is 0. The van der Waals surface area contributed by atoms with E-state index >= 15 is 0 Å². The molecule has 11 heavy (non-hydrogen) atoms. The molecule has 0 saturated carbocycles. The number of hydrogen-bond donors (Lipinski definition) is 2. The maximum Gasteiger partial charge on any atom is 0.230 e. The van der Waals surface area contributed by atoms with E-state index in [1.165, 1.54) is 5.01 Å². The molecule has 0 aromatic carbocycles. The number of aliphatic hydroxyl groups excluding tert-OH is 1. The summed E-state index contributed by atoms with van der Waals surface area (Å²) in [6, 6.07) is 0. The Morgan fingerprint density at radius 2 is 2.00 bits per heavy atom. The third-order valence-corrected chi connectivity index (χ3v) is 1.76. The lowest BCUT2D eigenvalue weighted by Gasteiger charge is -2.24. The number of nitrogens with zero attached hydrogens (tertiary/aromatic N) is 3. The minimum Gasteiger partial charge on any atom is -0.569 e. The van der Waals surface area contributed by atoms with Crippen molar-refractivity contribution in [3.63, 3.8) is 0 Å². The first-order valence-electron chi connectivity index (χ1n) is 3.49. The smallest absolute Gasteiger partial charge is 0.230 e. The maximum atomic E-state index is 10.6. The molecular weight excluding hydrogens is 150 g/mol. The maximum absolute atomic E-state index is 10.6. The van der Waals surface area contributed by atoms with Crippen molar-refractivity contribution in [2.24, 2.45) is 5.28 Å². The highest BCUT2D eigenvalue weighted by molar-refractivity contribution is 4.64. The molecule has 6 heteroatoms. The Bertz CT molecular complexity index is 153. The molecule has 0 bridgehead atoms. The van der Waals surface area contributed by atoms with Crippen LogP contribution in [0.4, 0.5) is 0 Å². The molecule has 1 heterocycles. The van der Waals surface area contributed by atoms with E-state index < -0.39 is 0 Å². The molecule has 2 N–H and O–H groups in total. The summed E-state index contributed by atoms with van der Waals surface area (Å²) in [5.41, 5.74) is 0. The van der Waals surface area contributed by atoms with Crippen LogP contribution in [0.15, 0.2) is 5.28 Å². The highest BCUT2D eigenvalue weighted by Gasteiger charge is 2.21. The van der Waals surface area contributed by atoms with Crippen molar-refractivity contribution in [2.75, 3.05) is 13.1 Å². The van der Waals surface area contributed by atoms with E-state index in [1.807, 2.05) is 0 Å². The average molecular weight is 161 g/mol. The van der Waals surface area contributed by atoms with Crippen LogP contribution < -0.4 is 0 Å². The fourth-order valence-electron chi connectivity index (χ4n) is 1.08. The van der Waals surface area contributed by atoms with Crippen LogP contribution >= 0.6 is 0 Å². The van der Waals surface area contributed by atoms with Crippen LogP contribution in [0.1, 0.15) is 12.8 Å². The fraction of sp³-hybridized carbons (Fsp3) is 1.00. The van der Waals surface area contributed by atoms with E-state index in [4.69, 9.17) is 10.3 Å². The zero-order valence-electron chi connectivity index (χ0n) is 6.05. The molecule has 0 aromatic heterocycles. The Labute approximate surface area is 63.9 Å². The lowest BCUT2D eigenvalue weighted by Crippen LogP contribution is -2.39. The van der Waals surface area contributed by atoms with Crippen LogP contribution in [0.25, 0.3) is 0 Å². The van der Waals surface area contributed by atoms with Gasteiger partial charge in [0.05, 0.1) is 24.2 Å². The predicted molar refractivity (Wildman–Crippen MR) is 34.7 cm³/mol. The molecule has 0 radical (unpaired) electrons. The largest absolute Gasteiger partial charge is 0.569 e. The van der Waals surface area contributed by atoms with Gasteiger partial charge in [0, 0.05) is 0 Å². The molecule has 1 aliphatic heterocycles. The van der Waals surface area contributed by atoms with E-state index in [1.54, 1.807) is 0 Å². The summed E-state index contributed by atoms with van der Waals surface area (Å²) in [6.45, 7) is 0.878. The van der Waals surface area contributed by atoms with Gasteiger partial charge < -0.3 is 15.5 Å². The molecular formula is C5H11N3O3. The third kappa shape index (κ3) is 1.94. The molecule has 0 aliphatic carbocycles. The molecule has 1 fully saturated rings. The summed E-state index contributed by atoms with van der Waals surface area (Å²) in [5.74, 6) is 0. The molecule has 0 aromatic rings. The van der Waals surface area contributed by atoms with Gasteiger partial charge in [-0.1, -0.05) is 0 Å². The molecule has 64 valence electrons. The van der Waals surface area contributed by atoms with Gasteiger partial charge in [-0.15, -0.1) is 5.01 Å². The standard InChI is InChI=1S/C5H11N3O3/c9-5-1-3-7(4-2-5)8(11)6-10/h5,9-10H,1-4H2/b8-6-. The van der Waals surface area contributed by atoms with Gasteiger partial charge >= 0.3 is 0 Å². The summed E-state index contributed by atoms with van der Waals surface area (Å²) in [5, 5.41) is 31.5. The SMILES string of the molecule is [O-]/[N+](=N\O)N1CCC(O)CC1. The van der Waals surface area contributed by atoms with Crippen molar-refractivity contribution >= 4 is 0 Å². The average Bonchev–Trinajstić information content (AvgIpc) is 2.05. The highest BCUT2D eigenvalue weighted by atomic mass is 16.6. The Morgan fingerprint density at radius 1 is 1.45 bits per heavy atom. The Balaban J connectivity index is 2.39. The van der Waals surface area contributed by atoms with E-state index in [0.29, 0.717) is 25.9 Å². The first-order valence-corrected chi connectivity index (χ1v) is 3.49. The third-order valence-electron chi connectivity index (χ3n) is 1.76. The van der Waals surface area contributed by atoms with Crippen LogP contribution in [0.5, 0.6) is 0 Å². The Kier molecular flexibility index (Phi) is 2.48. The van der Waals surface area contributed by atoms with Crippen LogP contribution in [0.2, 0.25) is 0 Å². The van der Waals surface area contributed by atoms with Crippen molar-refractivity contribution in [3.8, 4) is 0 Å². The molecule has 0 unspecified atom stereocenters. The second-order valence-corrected chi connectivity index (χ2v) is 2.53. The summed E-state index contributed by atoms with van der Waals surface area (Å²) in [6.07, 6.45) is 0.779. The second-order valence-electron chi connectivity index (χ2n) is 2.53. The normalized spacial score (nSPS) is 22.3. The Morgan fingerprint density at radius 3 is 2.45 bits per heavy atom. The Hall–Kier alpha value is -1.04. The van der Waals surface area contributed by atoms with E-state index in [0.717, 1.165) is 0 Å². The lowest BCUT2D eigenvalue weighted by atomic mass is 10.1. The molecule has 0 atom stereocenters. The van der Waals surface area contributed by atoms with Gasteiger partial charge in [-0.2, -0.15) is 0 Å². The predicted octanol–water partition coefficient (Wildman–Crippen LogP) is -0.290. The number of piperidine rings is 1. The zero-order valence-corrected chi connectivity index (χ0v) is 6.05. The van der Waals surface area contributed by atoms with Crippen molar-refractivity contribution < 1.29 is 15.3 Å². The van der Waals surface area contributed by atoms with Crippen LogP contribution in [-0.2, 0) is 0 Å². The minimum absolute atomic E-state index is 0.145. The van der Waals surface area contributed by atoms with Gasteiger partial charge in [-0.25, -0.2) is 0 Å². The van der Waals surface area contributed by atoms with Crippen LogP contribution in [0.3, 0.4) is 0 Å². The van der Waals surface area contributed by atoms with Gasteiger partial charge in [-0.05, 0) is 12.8 Å². The minimum atomic E-state index is -0.321. The first-order chi connectivity index (χ1) is 5.24. The fourth-order valence-corrected chi connectivity index (χ4v) is 1.08. The van der Waals surface area contributed by atoms with Gasteiger partial charge in [0.2, 0.25) is 5.28 Å². The number of hydrogen-bond acceptors (Lipinski definition) is 3. The van der Waals surface area contributed by atoms with E-state index in [-0.39, 0.29) is 11.1 Å². The van der Waals surface area contributed by atoms with Crippen molar-refractivity contribution in [3.05, 3.63) is 5.21 Å². The molecule has 1 saturated heterocycles. The number of hydrazine groups is 1.